The Morgan fingerprint density at radius 2 is 1.54 bits per heavy atom. The number of rotatable bonds is 12. The van der Waals surface area contributed by atoms with Crippen molar-refractivity contribution in [2.45, 2.75) is 70.2 Å². The van der Waals surface area contributed by atoms with Crippen LogP contribution in [-0.2, 0) is 4.74 Å². The number of carbonyl (C=O) groups is 1. The van der Waals surface area contributed by atoms with Gasteiger partial charge in [-0.3, -0.25) is 9.88 Å². The Balaban J connectivity index is 1.43. The molecule has 50 heavy (non-hydrogen) atoms. The van der Waals surface area contributed by atoms with Gasteiger partial charge < -0.3 is 20.1 Å². The van der Waals surface area contributed by atoms with Gasteiger partial charge in [0.15, 0.2) is 0 Å². The van der Waals surface area contributed by atoms with E-state index in [0.717, 1.165) is 27.8 Å². The van der Waals surface area contributed by atoms with Gasteiger partial charge in [0.2, 0.25) is 0 Å². The molecule has 2 heterocycles. The van der Waals surface area contributed by atoms with Gasteiger partial charge in [-0.2, -0.15) is 13.2 Å². The molecule has 0 spiro atoms. The van der Waals surface area contributed by atoms with Crippen LogP contribution < -0.4 is 15.4 Å². The van der Waals surface area contributed by atoms with Crippen LogP contribution in [0.3, 0.4) is 0 Å². The number of piperidine rings is 1. The molecule has 1 aromatic heterocycles. The summed E-state index contributed by atoms with van der Waals surface area (Å²) >= 11 is 12.6. The number of alkyl halides is 3. The van der Waals surface area contributed by atoms with Crippen molar-refractivity contribution in [1.82, 2.24) is 15.2 Å². The van der Waals surface area contributed by atoms with Crippen molar-refractivity contribution in [3.63, 3.8) is 0 Å². The van der Waals surface area contributed by atoms with E-state index in [1.165, 1.54) is 4.90 Å². The van der Waals surface area contributed by atoms with E-state index >= 15 is 0 Å². The number of aromatic nitrogens is 1. The monoisotopic (exact) mass is 730 g/mol. The van der Waals surface area contributed by atoms with E-state index in [9.17, 15) is 18.0 Å². The van der Waals surface area contributed by atoms with Crippen molar-refractivity contribution in [3.8, 4) is 5.75 Å². The summed E-state index contributed by atoms with van der Waals surface area (Å²) in [6.45, 7) is 6.12. The zero-order chi connectivity index (χ0) is 35.9. The van der Waals surface area contributed by atoms with Gasteiger partial charge in [0, 0.05) is 58.9 Å². The molecule has 0 bridgehead atoms. The number of hydrogen-bond acceptors (Lipinski definition) is 6. The molecular formula is C38H43Cl2F3N4O3. The minimum atomic E-state index is -4.21. The SMILES string of the molecule is CC(C)(C)OC(=O)NCCCCOc1cc(C(c2ccc(Cl)cc2)c2ccc(Cl)cc2)cc2c(NC3CCN(CC(F)(F)F)CC3)ccnc12. The maximum Gasteiger partial charge on any atom is 0.407 e. The predicted molar refractivity (Wildman–Crippen MR) is 194 cm³/mol. The van der Waals surface area contributed by atoms with Crippen LogP contribution in [-0.4, -0.2) is 66.6 Å². The molecule has 1 aliphatic heterocycles. The summed E-state index contributed by atoms with van der Waals surface area (Å²) in [5.41, 5.74) is 3.94. The van der Waals surface area contributed by atoms with Crippen LogP contribution in [0, 0.1) is 0 Å². The molecule has 12 heteroatoms. The van der Waals surface area contributed by atoms with Gasteiger partial charge in [0.25, 0.3) is 0 Å². The number of unbranched alkanes of at least 4 members (excludes halogenated alkanes) is 1. The molecule has 2 N–H and O–H groups in total. The quantitative estimate of drug-likeness (QED) is 0.112. The molecular weight excluding hydrogens is 688 g/mol. The Labute approximate surface area is 301 Å². The molecule has 0 atom stereocenters. The smallest absolute Gasteiger partial charge is 0.407 e. The maximum atomic E-state index is 13.0. The summed E-state index contributed by atoms with van der Waals surface area (Å²) in [6.07, 6.45) is -0.431. The van der Waals surface area contributed by atoms with Crippen molar-refractivity contribution >= 4 is 45.9 Å². The average molecular weight is 732 g/mol. The van der Waals surface area contributed by atoms with Crippen LogP contribution >= 0.6 is 23.2 Å². The van der Waals surface area contributed by atoms with E-state index < -0.39 is 24.4 Å². The van der Waals surface area contributed by atoms with Gasteiger partial charge in [-0.05, 0) is 106 Å². The van der Waals surface area contributed by atoms with Crippen LogP contribution in [0.5, 0.6) is 5.75 Å². The zero-order valence-corrected chi connectivity index (χ0v) is 30.0. The van der Waals surface area contributed by atoms with Gasteiger partial charge in [-0.15, -0.1) is 0 Å². The lowest BCUT2D eigenvalue weighted by molar-refractivity contribution is -0.147. The highest BCUT2D eigenvalue weighted by Crippen LogP contribution is 2.40. The number of anilines is 1. The summed E-state index contributed by atoms with van der Waals surface area (Å²) < 4.78 is 50.8. The number of fused-ring (bicyclic) bond motifs is 1. The molecule has 1 amide bonds. The molecule has 1 fully saturated rings. The van der Waals surface area contributed by atoms with Crippen LogP contribution in [0.2, 0.25) is 10.0 Å². The zero-order valence-electron chi connectivity index (χ0n) is 28.5. The third-order valence-electron chi connectivity index (χ3n) is 8.42. The Bertz CT molecular complexity index is 1680. The van der Waals surface area contributed by atoms with E-state index in [1.54, 1.807) is 6.20 Å². The van der Waals surface area contributed by atoms with E-state index in [0.29, 0.717) is 73.2 Å². The third-order valence-corrected chi connectivity index (χ3v) is 8.92. The first-order valence-corrected chi connectivity index (χ1v) is 17.6. The number of likely N-dealkylation sites (tertiary alicyclic amines) is 1. The van der Waals surface area contributed by atoms with Gasteiger partial charge >= 0.3 is 12.3 Å². The number of nitrogens with zero attached hydrogens (tertiary/aromatic N) is 2. The summed E-state index contributed by atoms with van der Waals surface area (Å²) in [5.74, 6) is 0.405. The molecule has 268 valence electrons. The second-order valence-corrected chi connectivity index (χ2v) is 14.5. The Morgan fingerprint density at radius 3 is 2.12 bits per heavy atom. The molecule has 7 nitrogen and oxygen atoms in total. The lowest BCUT2D eigenvalue weighted by atomic mass is 9.84. The van der Waals surface area contributed by atoms with Crippen LogP contribution in [0.25, 0.3) is 10.9 Å². The molecule has 0 aliphatic carbocycles. The number of hydrogen-bond donors (Lipinski definition) is 2. The largest absolute Gasteiger partial charge is 0.491 e. The standard InChI is InChI=1S/C38H43Cl2F3N4O3/c1-37(2,3)50-36(48)45-17-4-5-21-49-33-23-27(34(25-6-10-28(39)11-7-25)26-8-12-29(40)13-9-26)22-31-32(14-18-44-35(31)33)46-30-15-19-47(20-16-30)24-38(41,42)43/h6-14,18,22-23,30,34H,4-5,15-17,19-21,24H2,1-3H3,(H,44,46)(H,45,48). The first kappa shape index (κ1) is 37.5. The highest BCUT2D eigenvalue weighted by atomic mass is 35.5. The molecule has 4 aromatic rings. The number of benzene rings is 3. The average Bonchev–Trinajstić information content (AvgIpc) is 3.04. The Kier molecular flexibility index (Phi) is 12.4. The third kappa shape index (κ3) is 10.9. The van der Waals surface area contributed by atoms with Crippen LogP contribution in [0.1, 0.15) is 69.1 Å². The van der Waals surface area contributed by atoms with Crippen LogP contribution in [0.4, 0.5) is 23.7 Å². The molecule has 5 rings (SSSR count). The molecule has 3 aromatic carbocycles. The van der Waals surface area contributed by atoms with Crippen molar-refractivity contribution in [3.05, 3.63) is 99.7 Å². The highest BCUT2D eigenvalue weighted by molar-refractivity contribution is 6.30. The van der Waals surface area contributed by atoms with Gasteiger partial charge in [-0.25, -0.2) is 4.79 Å². The minimum Gasteiger partial charge on any atom is -0.491 e. The number of amides is 1. The Morgan fingerprint density at radius 1 is 0.920 bits per heavy atom. The fraction of sp³-hybridized carbons (Fsp3) is 0.421. The van der Waals surface area contributed by atoms with E-state index in [2.05, 4.69) is 16.7 Å². The highest BCUT2D eigenvalue weighted by Gasteiger charge is 2.32. The number of nitrogens with one attached hydrogen (secondary N) is 2. The maximum absolute atomic E-state index is 13.0. The lowest BCUT2D eigenvalue weighted by Gasteiger charge is -2.33. The van der Waals surface area contributed by atoms with E-state index in [-0.39, 0.29) is 12.0 Å². The van der Waals surface area contributed by atoms with Crippen molar-refractivity contribution in [2.24, 2.45) is 0 Å². The second kappa shape index (κ2) is 16.5. The predicted octanol–water partition coefficient (Wildman–Crippen LogP) is 9.84. The van der Waals surface area contributed by atoms with Crippen LogP contribution in [0.15, 0.2) is 72.9 Å². The molecule has 0 radical (unpaired) electrons. The number of carbonyl (C=O) groups excluding carboxylic acids is 1. The number of pyridine rings is 1. The first-order valence-electron chi connectivity index (χ1n) is 16.8. The lowest BCUT2D eigenvalue weighted by Crippen LogP contribution is -2.43. The molecule has 1 aliphatic rings. The first-order chi connectivity index (χ1) is 23.7. The van der Waals surface area contributed by atoms with Gasteiger partial charge in [0.1, 0.15) is 16.9 Å². The number of ether oxygens (including phenoxy) is 2. The topological polar surface area (TPSA) is 75.7 Å². The Hall–Kier alpha value is -3.73. The fourth-order valence-corrected chi connectivity index (χ4v) is 6.41. The van der Waals surface area contributed by atoms with Crippen molar-refractivity contribution < 1.29 is 27.4 Å². The number of halogens is 5. The van der Waals surface area contributed by atoms with E-state index in [1.807, 2.05) is 81.4 Å². The van der Waals surface area contributed by atoms with Gasteiger partial charge in [-0.1, -0.05) is 47.5 Å². The normalized spacial score (nSPS) is 14.6. The van der Waals surface area contributed by atoms with E-state index in [4.69, 9.17) is 37.7 Å². The van der Waals surface area contributed by atoms with Crippen molar-refractivity contribution in [2.75, 3.05) is 38.1 Å². The van der Waals surface area contributed by atoms with Gasteiger partial charge in [0.05, 0.1) is 13.2 Å². The minimum absolute atomic E-state index is 0.00101. The molecule has 0 saturated carbocycles. The van der Waals surface area contributed by atoms with Crippen molar-refractivity contribution in [1.29, 1.82) is 0 Å². The fourth-order valence-electron chi connectivity index (χ4n) is 6.16. The second-order valence-electron chi connectivity index (χ2n) is 13.6. The summed E-state index contributed by atoms with van der Waals surface area (Å²) in [6, 6.07) is 21.5. The summed E-state index contributed by atoms with van der Waals surface area (Å²) in [4.78, 5) is 18.2. The number of alkyl carbamates (subject to hydrolysis) is 1. The summed E-state index contributed by atoms with van der Waals surface area (Å²) in [7, 11) is 0. The molecule has 0 unspecified atom stereocenters. The summed E-state index contributed by atoms with van der Waals surface area (Å²) in [5, 5.41) is 8.50. The molecule has 1 saturated heterocycles.